The molecule has 1 heterocycles. The molecule has 3 unspecified atom stereocenters. The first-order valence-corrected chi connectivity index (χ1v) is 12.3. The van der Waals surface area contributed by atoms with Gasteiger partial charge in [0.2, 0.25) is 10.0 Å². The molecule has 31 heavy (non-hydrogen) atoms. The first-order chi connectivity index (χ1) is 14.9. The van der Waals surface area contributed by atoms with Crippen LogP contribution >= 0.6 is 23.2 Å². The lowest BCUT2D eigenvalue weighted by atomic mass is 9.77. The predicted molar refractivity (Wildman–Crippen MR) is 128 cm³/mol. The lowest BCUT2D eigenvalue weighted by Crippen LogP contribution is -2.32. The van der Waals surface area contributed by atoms with Gasteiger partial charge in [-0.3, -0.25) is 0 Å². The van der Waals surface area contributed by atoms with Crippen molar-refractivity contribution in [3.05, 3.63) is 95.0 Å². The van der Waals surface area contributed by atoms with Crippen molar-refractivity contribution in [2.24, 2.45) is 5.92 Å². The van der Waals surface area contributed by atoms with Crippen molar-refractivity contribution < 1.29 is 8.42 Å². The zero-order valence-electron chi connectivity index (χ0n) is 17.0. The van der Waals surface area contributed by atoms with Gasteiger partial charge in [0.25, 0.3) is 0 Å². The lowest BCUT2D eigenvalue weighted by Gasteiger charge is -2.38. The summed E-state index contributed by atoms with van der Waals surface area (Å²) in [6.07, 6.45) is 8.35. The minimum absolute atomic E-state index is 0.0146. The summed E-state index contributed by atoms with van der Waals surface area (Å²) in [4.78, 5) is 0.273. The number of fused-ring (bicyclic) bond motifs is 3. The van der Waals surface area contributed by atoms with Gasteiger partial charge in [0.05, 0.1) is 21.0 Å². The molecule has 0 aromatic heterocycles. The largest absolute Gasteiger partial charge is 0.378 e. The number of anilines is 1. The Hall–Kier alpha value is -2.05. The molecule has 2 aromatic rings. The van der Waals surface area contributed by atoms with Gasteiger partial charge in [-0.15, -0.1) is 13.2 Å². The number of nitrogens with one attached hydrogen (secondary N) is 1. The highest BCUT2D eigenvalue weighted by Crippen LogP contribution is 2.51. The summed E-state index contributed by atoms with van der Waals surface area (Å²) in [5.74, 6) is 0.317. The van der Waals surface area contributed by atoms with Gasteiger partial charge in [-0.05, 0) is 47.7 Å². The smallest absolute Gasteiger partial charge is 0.243 e. The number of hydrogen-bond acceptors (Lipinski definition) is 3. The number of hydrogen-bond donors (Lipinski definition) is 1. The molecule has 4 nitrogen and oxygen atoms in total. The fourth-order valence-electron chi connectivity index (χ4n) is 4.51. The summed E-state index contributed by atoms with van der Waals surface area (Å²) < 4.78 is 27.8. The lowest BCUT2D eigenvalue weighted by molar-refractivity contribution is 0.424. The molecule has 1 aliphatic heterocycles. The maximum atomic E-state index is 13.2. The molecule has 0 radical (unpaired) electrons. The van der Waals surface area contributed by atoms with Gasteiger partial charge in [-0.25, -0.2) is 8.42 Å². The highest BCUT2D eigenvalue weighted by atomic mass is 35.5. The minimum Gasteiger partial charge on any atom is -0.378 e. The topological polar surface area (TPSA) is 49.4 Å². The van der Waals surface area contributed by atoms with Crippen LogP contribution in [0.4, 0.5) is 5.69 Å². The van der Waals surface area contributed by atoms with E-state index in [4.69, 9.17) is 23.2 Å². The molecule has 2 aliphatic rings. The summed E-state index contributed by atoms with van der Waals surface area (Å²) in [7, 11) is -3.67. The first kappa shape index (κ1) is 22.2. The van der Waals surface area contributed by atoms with Gasteiger partial charge in [-0.2, -0.15) is 4.31 Å². The van der Waals surface area contributed by atoms with Crippen LogP contribution in [0, 0.1) is 5.92 Å². The molecule has 3 atom stereocenters. The molecular formula is C24H24Cl2N2O2S. The number of rotatable bonds is 7. The van der Waals surface area contributed by atoms with Gasteiger partial charge in [0.1, 0.15) is 0 Å². The third kappa shape index (κ3) is 3.96. The van der Waals surface area contributed by atoms with E-state index >= 15 is 0 Å². The second kappa shape index (κ2) is 8.83. The summed E-state index contributed by atoms with van der Waals surface area (Å²) >= 11 is 12.8. The molecule has 0 saturated carbocycles. The fraction of sp³-hybridized carbons (Fsp3) is 0.250. The van der Waals surface area contributed by atoms with Crippen LogP contribution in [0.2, 0.25) is 10.0 Å². The second-order valence-electron chi connectivity index (χ2n) is 7.77. The van der Waals surface area contributed by atoms with Crippen molar-refractivity contribution in [2.45, 2.75) is 23.3 Å². The van der Waals surface area contributed by atoms with Crippen molar-refractivity contribution in [3.8, 4) is 0 Å². The van der Waals surface area contributed by atoms with Crippen molar-refractivity contribution in [2.75, 3.05) is 18.4 Å². The van der Waals surface area contributed by atoms with Crippen molar-refractivity contribution in [1.29, 1.82) is 0 Å². The zero-order valence-corrected chi connectivity index (χ0v) is 19.3. The number of allylic oxidation sites excluding steroid dienone is 2. The minimum atomic E-state index is -3.67. The Balaban J connectivity index is 1.75. The zero-order chi connectivity index (χ0) is 22.2. The fourth-order valence-corrected chi connectivity index (χ4v) is 6.35. The molecule has 2 aromatic carbocycles. The van der Waals surface area contributed by atoms with Gasteiger partial charge >= 0.3 is 0 Å². The third-order valence-corrected chi connectivity index (χ3v) is 8.62. The SMILES string of the molecule is C=CCN(CC=C)S(=O)(=O)c1ccc2c(c1)C1C=CCC1C(c1cccc(Cl)c1Cl)N2. The molecule has 0 bridgehead atoms. The molecule has 0 amide bonds. The Morgan fingerprint density at radius 3 is 2.55 bits per heavy atom. The summed E-state index contributed by atoms with van der Waals surface area (Å²) in [6.45, 7) is 7.80. The monoisotopic (exact) mass is 474 g/mol. The number of benzene rings is 2. The summed E-state index contributed by atoms with van der Waals surface area (Å²) in [5.41, 5.74) is 2.84. The molecule has 1 aliphatic carbocycles. The highest BCUT2D eigenvalue weighted by molar-refractivity contribution is 7.89. The Morgan fingerprint density at radius 1 is 1.10 bits per heavy atom. The van der Waals surface area contributed by atoms with Crippen LogP contribution in [0.3, 0.4) is 0 Å². The molecule has 0 fully saturated rings. The van der Waals surface area contributed by atoms with Crippen molar-refractivity contribution in [1.82, 2.24) is 4.31 Å². The Labute approximate surface area is 193 Å². The maximum Gasteiger partial charge on any atom is 0.243 e. The van der Waals surface area contributed by atoms with Crippen LogP contribution in [0.15, 0.2) is 78.8 Å². The summed E-state index contributed by atoms with van der Waals surface area (Å²) in [5, 5.41) is 4.67. The summed E-state index contributed by atoms with van der Waals surface area (Å²) in [6, 6.07) is 10.9. The van der Waals surface area contributed by atoms with E-state index in [9.17, 15) is 8.42 Å². The molecule has 0 saturated heterocycles. The highest BCUT2D eigenvalue weighted by Gasteiger charge is 2.39. The molecule has 7 heteroatoms. The molecule has 162 valence electrons. The van der Waals surface area contributed by atoms with Crippen LogP contribution in [0.1, 0.15) is 29.5 Å². The number of halogens is 2. The van der Waals surface area contributed by atoms with Crippen LogP contribution in [-0.2, 0) is 10.0 Å². The third-order valence-electron chi connectivity index (χ3n) is 5.95. The van der Waals surface area contributed by atoms with E-state index in [1.54, 1.807) is 30.4 Å². The van der Waals surface area contributed by atoms with Gasteiger partial charge < -0.3 is 5.32 Å². The average molecular weight is 475 g/mol. The standard InChI is InChI=1S/C24H24Cl2N2O2S/c1-3-13-28(14-4-2)31(29,30)16-11-12-22-20(15-16)17-7-5-8-18(17)24(27-22)19-9-6-10-21(25)23(19)26/h3-7,9-12,15,17-18,24,27H,1-2,8,13-14H2. The number of nitrogens with zero attached hydrogens (tertiary/aromatic N) is 1. The van der Waals surface area contributed by atoms with Gasteiger partial charge in [0.15, 0.2) is 0 Å². The van der Waals surface area contributed by atoms with Crippen LogP contribution in [0.25, 0.3) is 0 Å². The van der Waals surface area contributed by atoms with E-state index in [2.05, 4.69) is 30.6 Å². The Kier molecular flexibility index (Phi) is 6.31. The number of sulfonamides is 1. The van der Waals surface area contributed by atoms with E-state index in [1.165, 1.54) is 4.31 Å². The van der Waals surface area contributed by atoms with Gasteiger partial charge in [-0.1, -0.05) is 59.6 Å². The van der Waals surface area contributed by atoms with Crippen LogP contribution < -0.4 is 5.32 Å². The normalized spacial score (nSPS) is 22.0. The maximum absolute atomic E-state index is 13.2. The van der Waals surface area contributed by atoms with E-state index in [0.717, 1.165) is 23.2 Å². The first-order valence-electron chi connectivity index (χ1n) is 10.1. The van der Waals surface area contributed by atoms with E-state index in [1.807, 2.05) is 18.2 Å². The second-order valence-corrected chi connectivity index (χ2v) is 10.5. The Bertz CT molecular complexity index is 1150. The molecule has 4 rings (SSSR count). The van der Waals surface area contributed by atoms with Crippen LogP contribution in [0.5, 0.6) is 0 Å². The van der Waals surface area contributed by atoms with Crippen molar-refractivity contribution >= 4 is 38.9 Å². The van der Waals surface area contributed by atoms with Gasteiger partial charge in [0, 0.05) is 24.7 Å². The Morgan fingerprint density at radius 2 is 1.84 bits per heavy atom. The molecule has 0 spiro atoms. The quantitative estimate of drug-likeness (QED) is 0.487. The predicted octanol–water partition coefficient (Wildman–Crippen LogP) is 6.18. The molecule has 1 N–H and O–H groups in total. The molecular weight excluding hydrogens is 451 g/mol. The van der Waals surface area contributed by atoms with Crippen LogP contribution in [-0.4, -0.2) is 25.8 Å². The average Bonchev–Trinajstić information content (AvgIpc) is 3.25. The van der Waals surface area contributed by atoms with E-state index in [0.29, 0.717) is 10.0 Å². The van der Waals surface area contributed by atoms with Crippen molar-refractivity contribution in [3.63, 3.8) is 0 Å². The van der Waals surface area contributed by atoms with E-state index < -0.39 is 10.0 Å². The van der Waals surface area contributed by atoms with E-state index in [-0.39, 0.29) is 35.9 Å².